The Labute approximate surface area is 146 Å². The van der Waals surface area contributed by atoms with Crippen molar-refractivity contribution in [3.8, 4) is 11.5 Å². The third kappa shape index (κ3) is 5.29. The molecule has 138 valence electrons. The highest BCUT2D eigenvalue weighted by atomic mass is 32.2. The first-order valence-electron chi connectivity index (χ1n) is 7.29. The Morgan fingerprint density at radius 2 is 1.92 bits per heavy atom. The second-order valence-electron chi connectivity index (χ2n) is 6.24. The van der Waals surface area contributed by atoms with Gasteiger partial charge < -0.3 is 13.7 Å². The van der Waals surface area contributed by atoms with Gasteiger partial charge in [-0.2, -0.15) is 13.2 Å². The summed E-state index contributed by atoms with van der Waals surface area (Å²) in [6.45, 7) is 4.98. The van der Waals surface area contributed by atoms with Crippen molar-refractivity contribution in [1.29, 1.82) is 0 Å². The average Bonchev–Trinajstić information content (AvgIpc) is 2.66. The van der Waals surface area contributed by atoms with Crippen molar-refractivity contribution < 1.29 is 36.0 Å². The molecule has 0 fully saturated rings. The Bertz CT molecular complexity index is 693. The highest BCUT2D eigenvalue weighted by Crippen LogP contribution is 2.40. The second kappa shape index (κ2) is 7.15. The number of rotatable bonds is 3. The summed E-state index contributed by atoms with van der Waals surface area (Å²) < 4.78 is 66.4. The van der Waals surface area contributed by atoms with E-state index in [2.05, 4.69) is 4.18 Å². The van der Waals surface area contributed by atoms with E-state index in [1.807, 2.05) is 0 Å². The van der Waals surface area contributed by atoms with Crippen LogP contribution in [0.25, 0.3) is 5.76 Å². The van der Waals surface area contributed by atoms with E-state index >= 15 is 0 Å². The molecule has 0 N–H and O–H groups in total. The minimum absolute atomic E-state index is 0.0160. The van der Waals surface area contributed by atoms with E-state index in [0.717, 1.165) is 12.1 Å². The monoisotopic (exact) mass is 380 g/mol. The van der Waals surface area contributed by atoms with Crippen molar-refractivity contribution in [2.24, 2.45) is 5.41 Å². The molecule has 0 saturated carbocycles. The molecule has 0 saturated heterocycles. The Morgan fingerprint density at radius 1 is 1.24 bits per heavy atom. The number of esters is 1. The number of hydrogen-bond donors (Lipinski definition) is 0. The molecule has 0 aromatic heterocycles. The molecular formula is C16H16F4O4S. The van der Waals surface area contributed by atoms with Crippen molar-refractivity contribution in [3.63, 3.8) is 0 Å². The maximum Gasteiger partial charge on any atom is 0.479 e. The lowest BCUT2D eigenvalue weighted by atomic mass is 9.97. The lowest BCUT2D eigenvalue weighted by molar-refractivity contribution is -0.143. The van der Waals surface area contributed by atoms with Crippen LogP contribution in [0.1, 0.15) is 32.8 Å². The van der Waals surface area contributed by atoms with Crippen molar-refractivity contribution in [3.05, 3.63) is 29.6 Å². The predicted molar refractivity (Wildman–Crippen MR) is 84.3 cm³/mol. The number of fused-ring (bicyclic) bond motifs is 1. The largest absolute Gasteiger partial charge is 0.492 e. The first-order valence-corrected chi connectivity index (χ1v) is 8.03. The number of hydrogen-bond acceptors (Lipinski definition) is 5. The van der Waals surface area contributed by atoms with Gasteiger partial charge in [0, 0.05) is 12.5 Å². The van der Waals surface area contributed by atoms with Crippen LogP contribution in [0.2, 0.25) is 0 Å². The number of alkyl halides is 3. The lowest BCUT2D eigenvalue weighted by Crippen LogP contribution is -2.26. The van der Waals surface area contributed by atoms with Crippen LogP contribution in [0.5, 0.6) is 11.5 Å². The van der Waals surface area contributed by atoms with Crippen LogP contribution in [0.15, 0.2) is 18.2 Å². The summed E-state index contributed by atoms with van der Waals surface area (Å²) in [4.78, 5) is 11.9. The van der Waals surface area contributed by atoms with Gasteiger partial charge in [-0.15, -0.1) is 0 Å². The molecule has 0 bridgehead atoms. The molecule has 0 radical (unpaired) electrons. The standard InChI is InChI=1S/C16H16F4O4S/c1-15(2,3)14(21)23-13-8-12-9(7-10(13)17)11(5-4-6-22-12)24-25-16(18,19)20/h5,7-8H,4,6H2,1-3H3. The highest BCUT2D eigenvalue weighted by molar-refractivity contribution is 7.95. The Hall–Kier alpha value is -1.90. The topological polar surface area (TPSA) is 44.8 Å². The van der Waals surface area contributed by atoms with Gasteiger partial charge in [-0.05, 0) is 32.9 Å². The fourth-order valence-corrected chi connectivity index (χ4v) is 2.16. The van der Waals surface area contributed by atoms with E-state index in [-0.39, 0.29) is 35.8 Å². The van der Waals surface area contributed by atoms with E-state index in [9.17, 15) is 22.4 Å². The minimum Gasteiger partial charge on any atom is -0.492 e. The van der Waals surface area contributed by atoms with Crippen LogP contribution >= 0.6 is 12.0 Å². The molecule has 0 aliphatic carbocycles. The zero-order chi connectivity index (χ0) is 18.8. The molecule has 0 unspecified atom stereocenters. The molecule has 25 heavy (non-hydrogen) atoms. The molecule has 1 aromatic rings. The zero-order valence-electron chi connectivity index (χ0n) is 13.7. The number of carbonyl (C=O) groups excluding carboxylic acids is 1. The first-order chi connectivity index (χ1) is 11.5. The molecule has 0 amide bonds. The maximum absolute atomic E-state index is 14.3. The van der Waals surface area contributed by atoms with Crippen LogP contribution in [-0.4, -0.2) is 18.1 Å². The van der Waals surface area contributed by atoms with E-state index < -0.39 is 34.8 Å². The lowest BCUT2D eigenvalue weighted by Gasteiger charge is -2.18. The van der Waals surface area contributed by atoms with E-state index in [1.165, 1.54) is 6.08 Å². The normalized spacial score (nSPS) is 14.8. The number of ether oxygens (including phenoxy) is 2. The average molecular weight is 380 g/mol. The SMILES string of the molecule is CC(C)(C)C(=O)Oc1cc2c(cc1F)C(OSC(F)(F)F)=CCCO2. The van der Waals surface area contributed by atoms with Gasteiger partial charge in [-0.1, -0.05) is 0 Å². The molecule has 1 heterocycles. The Morgan fingerprint density at radius 3 is 2.52 bits per heavy atom. The number of carbonyl (C=O) groups is 1. The molecule has 1 aliphatic rings. The summed E-state index contributed by atoms with van der Waals surface area (Å²) in [5.41, 5.74) is -5.44. The van der Waals surface area contributed by atoms with Crippen LogP contribution < -0.4 is 9.47 Å². The summed E-state index contributed by atoms with van der Waals surface area (Å²) >= 11 is -0.695. The maximum atomic E-state index is 14.3. The van der Waals surface area contributed by atoms with E-state index in [4.69, 9.17) is 9.47 Å². The Kier molecular flexibility index (Phi) is 5.55. The van der Waals surface area contributed by atoms with Gasteiger partial charge in [0.25, 0.3) is 0 Å². The van der Waals surface area contributed by atoms with Gasteiger partial charge in [0.1, 0.15) is 11.5 Å². The molecule has 9 heteroatoms. The number of halogens is 4. The molecule has 2 rings (SSSR count). The van der Waals surface area contributed by atoms with Crippen LogP contribution in [0.3, 0.4) is 0 Å². The van der Waals surface area contributed by atoms with Crippen molar-refractivity contribution in [2.45, 2.75) is 32.7 Å². The fourth-order valence-electron chi connectivity index (χ4n) is 1.82. The second-order valence-corrected chi connectivity index (χ2v) is 7.03. The van der Waals surface area contributed by atoms with E-state index in [1.54, 1.807) is 20.8 Å². The van der Waals surface area contributed by atoms with Crippen LogP contribution in [-0.2, 0) is 8.98 Å². The highest BCUT2D eigenvalue weighted by Gasteiger charge is 2.33. The quantitative estimate of drug-likeness (QED) is 0.317. The van der Waals surface area contributed by atoms with Crippen molar-refractivity contribution in [1.82, 2.24) is 0 Å². The van der Waals surface area contributed by atoms with Gasteiger partial charge in [-0.25, -0.2) is 4.39 Å². The molecule has 1 aromatic carbocycles. The molecule has 4 nitrogen and oxygen atoms in total. The smallest absolute Gasteiger partial charge is 0.479 e. The fraction of sp³-hybridized carbons (Fsp3) is 0.438. The zero-order valence-corrected chi connectivity index (χ0v) is 14.5. The summed E-state index contributed by atoms with van der Waals surface area (Å²) in [7, 11) is 0. The summed E-state index contributed by atoms with van der Waals surface area (Å²) in [6.07, 6.45) is 1.66. The first kappa shape index (κ1) is 19.4. The van der Waals surface area contributed by atoms with Gasteiger partial charge in [0.05, 0.1) is 17.6 Å². The van der Waals surface area contributed by atoms with Gasteiger partial charge in [0.2, 0.25) is 0 Å². The van der Waals surface area contributed by atoms with E-state index in [0.29, 0.717) is 0 Å². The Balaban J connectivity index is 2.31. The van der Waals surface area contributed by atoms with Gasteiger partial charge >= 0.3 is 11.5 Å². The summed E-state index contributed by atoms with van der Waals surface area (Å²) in [5.74, 6) is -2.01. The predicted octanol–water partition coefficient (Wildman–Crippen LogP) is 5.09. The van der Waals surface area contributed by atoms with Crippen molar-refractivity contribution >= 4 is 23.8 Å². The molecular weight excluding hydrogens is 364 g/mol. The number of benzene rings is 1. The van der Waals surface area contributed by atoms with Crippen molar-refractivity contribution in [2.75, 3.05) is 6.61 Å². The summed E-state index contributed by atoms with van der Waals surface area (Å²) in [5, 5.41) is 0. The third-order valence-electron chi connectivity index (χ3n) is 3.05. The third-order valence-corrected chi connectivity index (χ3v) is 3.50. The molecule has 1 aliphatic heterocycles. The van der Waals surface area contributed by atoms with Gasteiger partial charge in [-0.3, -0.25) is 4.79 Å². The van der Waals surface area contributed by atoms with Gasteiger partial charge in [0.15, 0.2) is 23.6 Å². The van der Waals surface area contributed by atoms with Crippen LogP contribution in [0.4, 0.5) is 17.6 Å². The van der Waals surface area contributed by atoms with Crippen LogP contribution in [0, 0.1) is 11.2 Å². The minimum atomic E-state index is -4.60. The molecule has 0 spiro atoms. The summed E-state index contributed by atoms with van der Waals surface area (Å²) in [6, 6.07) is 2.06. The molecule has 0 atom stereocenters.